The van der Waals surface area contributed by atoms with Crippen LogP contribution < -0.4 is 0 Å². The fourth-order valence-corrected chi connectivity index (χ4v) is 3.40. The van der Waals surface area contributed by atoms with Crippen molar-refractivity contribution in [1.82, 2.24) is 4.98 Å². The molecular weight excluding hydrogens is 383 g/mol. The average molecular weight is 395 g/mol. The number of nitrogens with zero attached hydrogens (tertiary/aromatic N) is 2. The predicted octanol–water partition coefficient (Wildman–Crippen LogP) is 6.78. The standard InChI is InChI=1S/C21H12Cl2N2O2/c22-14-6-8-19(23)18(10-14)21-12-16(13-4-2-1-3-5-13)17-11-15(25(26)27)7-9-20(17)24-21/h1-12H. The van der Waals surface area contributed by atoms with Crippen LogP contribution in [0, 0.1) is 10.1 Å². The van der Waals surface area contributed by atoms with Gasteiger partial charge in [-0.15, -0.1) is 0 Å². The van der Waals surface area contributed by atoms with Crippen molar-refractivity contribution in [3.05, 3.63) is 93.0 Å². The van der Waals surface area contributed by atoms with Crippen LogP contribution in [-0.4, -0.2) is 9.91 Å². The van der Waals surface area contributed by atoms with Crippen LogP contribution in [0.1, 0.15) is 0 Å². The lowest BCUT2D eigenvalue weighted by atomic mass is 9.98. The number of nitro benzene ring substituents is 1. The molecule has 27 heavy (non-hydrogen) atoms. The third-order valence-electron chi connectivity index (χ3n) is 4.29. The molecule has 0 saturated carbocycles. The number of aromatic nitrogens is 1. The average Bonchev–Trinajstić information content (AvgIpc) is 2.69. The Labute approximate surface area is 165 Å². The molecule has 4 nitrogen and oxygen atoms in total. The lowest BCUT2D eigenvalue weighted by molar-refractivity contribution is -0.384. The molecule has 0 aliphatic heterocycles. The second-order valence-electron chi connectivity index (χ2n) is 6.00. The molecular formula is C21H12Cl2N2O2. The normalized spacial score (nSPS) is 10.9. The van der Waals surface area contributed by atoms with Crippen molar-refractivity contribution in [2.75, 3.05) is 0 Å². The van der Waals surface area contributed by atoms with E-state index < -0.39 is 4.92 Å². The Bertz CT molecular complexity index is 1180. The first-order valence-electron chi connectivity index (χ1n) is 8.13. The van der Waals surface area contributed by atoms with E-state index in [0.717, 1.165) is 11.1 Å². The SMILES string of the molecule is O=[N+]([O-])c1ccc2nc(-c3cc(Cl)ccc3Cl)cc(-c3ccccc3)c2c1. The minimum absolute atomic E-state index is 0.0232. The van der Waals surface area contributed by atoms with Crippen LogP contribution in [0.3, 0.4) is 0 Å². The van der Waals surface area contributed by atoms with E-state index >= 15 is 0 Å². The van der Waals surface area contributed by atoms with Gasteiger partial charge in [0.15, 0.2) is 0 Å². The monoisotopic (exact) mass is 394 g/mol. The first-order chi connectivity index (χ1) is 13.0. The fraction of sp³-hybridized carbons (Fsp3) is 0. The van der Waals surface area contributed by atoms with E-state index in [4.69, 9.17) is 23.2 Å². The summed E-state index contributed by atoms with van der Waals surface area (Å²) in [4.78, 5) is 15.5. The molecule has 6 heteroatoms. The van der Waals surface area contributed by atoms with Crippen molar-refractivity contribution in [2.24, 2.45) is 0 Å². The first kappa shape index (κ1) is 17.5. The molecule has 3 aromatic carbocycles. The molecule has 132 valence electrons. The van der Waals surface area contributed by atoms with E-state index in [2.05, 4.69) is 4.98 Å². The molecule has 0 unspecified atom stereocenters. The van der Waals surface area contributed by atoms with Gasteiger partial charge >= 0.3 is 0 Å². The third-order valence-corrected chi connectivity index (χ3v) is 4.86. The molecule has 0 aliphatic carbocycles. The van der Waals surface area contributed by atoms with Gasteiger partial charge in [0.1, 0.15) is 0 Å². The molecule has 1 aromatic heterocycles. The van der Waals surface area contributed by atoms with Gasteiger partial charge in [-0.1, -0.05) is 53.5 Å². The highest BCUT2D eigenvalue weighted by molar-refractivity contribution is 6.35. The van der Waals surface area contributed by atoms with Crippen LogP contribution in [0.25, 0.3) is 33.3 Å². The van der Waals surface area contributed by atoms with Gasteiger partial charge in [0, 0.05) is 28.1 Å². The summed E-state index contributed by atoms with van der Waals surface area (Å²) in [6.45, 7) is 0. The van der Waals surface area contributed by atoms with Crippen molar-refractivity contribution in [2.45, 2.75) is 0 Å². The van der Waals surface area contributed by atoms with Gasteiger partial charge in [0.2, 0.25) is 0 Å². The van der Waals surface area contributed by atoms with E-state index in [9.17, 15) is 10.1 Å². The van der Waals surface area contributed by atoms with Crippen LogP contribution in [-0.2, 0) is 0 Å². The topological polar surface area (TPSA) is 56.0 Å². The first-order valence-corrected chi connectivity index (χ1v) is 8.88. The maximum absolute atomic E-state index is 11.2. The van der Waals surface area contributed by atoms with Crippen molar-refractivity contribution in [3.63, 3.8) is 0 Å². The van der Waals surface area contributed by atoms with Gasteiger partial charge in [0.05, 0.1) is 21.2 Å². The summed E-state index contributed by atoms with van der Waals surface area (Å²) in [5, 5.41) is 13.0. The van der Waals surface area contributed by atoms with Crippen LogP contribution >= 0.6 is 23.2 Å². The Balaban J connectivity index is 2.05. The van der Waals surface area contributed by atoms with Crippen molar-refractivity contribution in [3.8, 4) is 22.4 Å². The second kappa shape index (κ2) is 6.99. The molecule has 0 saturated heterocycles. The van der Waals surface area contributed by atoms with E-state index in [1.807, 2.05) is 36.4 Å². The number of pyridine rings is 1. The third kappa shape index (κ3) is 3.37. The number of nitro groups is 1. The highest BCUT2D eigenvalue weighted by Gasteiger charge is 2.15. The molecule has 1 heterocycles. The van der Waals surface area contributed by atoms with Crippen LogP contribution in [0.15, 0.2) is 72.8 Å². The minimum atomic E-state index is -0.407. The Kier molecular flexibility index (Phi) is 4.52. The summed E-state index contributed by atoms with van der Waals surface area (Å²) < 4.78 is 0. The van der Waals surface area contributed by atoms with Gasteiger partial charge in [-0.05, 0) is 41.5 Å². The Hall–Kier alpha value is -2.95. The number of halogens is 2. The smallest absolute Gasteiger partial charge is 0.258 e. The van der Waals surface area contributed by atoms with Crippen molar-refractivity contribution < 1.29 is 4.92 Å². The zero-order valence-corrected chi connectivity index (χ0v) is 15.4. The summed E-state index contributed by atoms with van der Waals surface area (Å²) >= 11 is 12.5. The van der Waals surface area contributed by atoms with Crippen LogP contribution in [0.2, 0.25) is 10.0 Å². The highest BCUT2D eigenvalue weighted by Crippen LogP contribution is 2.36. The largest absolute Gasteiger partial charge is 0.270 e. The lowest BCUT2D eigenvalue weighted by Gasteiger charge is -2.11. The summed E-state index contributed by atoms with van der Waals surface area (Å²) in [7, 11) is 0. The van der Waals surface area contributed by atoms with Crippen LogP contribution in [0.5, 0.6) is 0 Å². The summed E-state index contributed by atoms with van der Waals surface area (Å²) in [6.07, 6.45) is 0. The van der Waals surface area contributed by atoms with E-state index in [1.54, 1.807) is 30.3 Å². The number of hydrogen-bond acceptors (Lipinski definition) is 3. The second-order valence-corrected chi connectivity index (χ2v) is 6.85. The minimum Gasteiger partial charge on any atom is -0.258 e. The Morgan fingerprint density at radius 3 is 2.37 bits per heavy atom. The number of benzene rings is 3. The van der Waals surface area contributed by atoms with E-state index in [-0.39, 0.29) is 5.69 Å². The molecule has 0 bridgehead atoms. The summed E-state index contributed by atoms with van der Waals surface area (Å²) in [5.41, 5.74) is 3.81. The molecule has 0 fully saturated rings. The molecule has 0 spiro atoms. The number of fused-ring (bicyclic) bond motifs is 1. The highest BCUT2D eigenvalue weighted by atomic mass is 35.5. The fourth-order valence-electron chi connectivity index (χ4n) is 3.02. The zero-order chi connectivity index (χ0) is 19.0. The molecule has 0 radical (unpaired) electrons. The predicted molar refractivity (Wildman–Crippen MR) is 109 cm³/mol. The Morgan fingerprint density at radius 2 is 1.63 bits per heavy atom. The van der Waals surface area contributed by atoms with Gasteiger partial charge in [-0.3, -0.25) is 10.1 Å². The van der Waals surface area contributed by atoms with Gasteiger partial charge in [-0.2, -0.15) is 0 Å². The summed E-state index contributed by atoms with van der Waals surface area (Å²) in [6, 6.07) is 21.4. The Morgan fingerprint density at radius 1 is 0.852 bits per heavy atom. The maximum Gasteiger partial charge on any atom is 0.270 e. The quantitative estimate of drug-likeness (QED) is 0.284. The number of non-ortho nitro benzene ring substituents is 1. The molecule has 0 N–H and O–H groups in total. The molecule has 0 atom stereocenters. The van der Waals surface area contributed by atoms with E-state index in [1.165, 1.54) is 6.07 Å². The molecule has 4 aromatic rings. The van der Waals surface area contributed by atoms with Gasteiger partial charge in [0.25, 0.3) is 5.69 Å². The van der Waals surface area contributed by atoms with Gasteiger partial charge < -0.3 is 0 Å². The number of hydrogen-bond donors (Lipinski definition) is 0. The molecule has 0 amide bonds. The number of rotatable bonds is 3. The molecule has 4 rings (SSSR count). The van der Waals surface area contributed by atoms with E-state index in [0.29, 0.717) is 32.2 Å². The van der Waals surface area contributed by atoms with Gasteiger partial charge in [-0.25, -0.2) is 4.98 Å². The zero-order valence-electron chi connectivity index (χ0n) is 13.9. The van der Waals surface area contributed by atoms with Crippen molar-refractivity contribution >= 4 is 39.8 Å². The van der Waals surface area contributed by atoms with Crippen LogP contribution in [0.4, 0.5) is 5.69 Å². The molecule has 0 aliphatic rings. The lowest BCUT2D eigenvalue weighted by Crippen LogP contribution is -1.93. The van der Waals surface area contributed by atoms with Crippen molar-refractivity contribution in [1.29, 1.82) is 0 Å². The summed E-state index contributed by atoms with van der Waals surface area (Å²) in [5.74, 6) is 0. The maximum atomic E-state index is 11.2.